The van der Waals surface area contributed by atoms with Gasteiger partial charge in [0.1, 0.15) is 4.90 Å². The van der Waals surface area contributed by atoms with Crippen LogP contribution in [-0.4, -0.2) is 38.3 Å². The molecule has 140 valence electrons. The number of hydrogen-bond acceptors (Lipinski definition) is 3. The number of hydrogen-bond donors (Lipinski definition) is 1. The summed E-state index contributed by atoms with van der Waals surface area (Å²) in [6.07, 6.45) is 1.92. The average Bonchev–Trinajstić information content (AvgIpc) is 2.54. The molecule has 0 atom stereocenters. The van der Waals surface area contributed by atoms with Crippen LogP contribution in [0, 0.1) is 11.8 Å². The highest BCUT2D eigenvalue weighted by Crippen LogP contribution is 2.33. The van der Waals surface area contributed by atoms with Crippen LogP contribution in [-0.2, 0) is 14.8 Å². The van der Waals surface area contributed by atoms with Gasteiger partial charge in [0.15, 0.2) is 0 Å². The summed E-state index contributed by atoms with van der Waals surface area (Å²) in [4.78, 5) is 12.1. The molecule has 1 amide bonds. The van der Waals surface area contributed by atoms with E-state index < -0.39 is 10.0 Å². The zero-order valence-electron chi connectivity index (χ0n) is 14.5. The first-order valence-electron chi connectivity index (χ1n) is 8.45. The number of nitrogens with zero attached hydrogens (tertiary/aromatic N) is 1. The Morgan fingerprint density at radius 1 is 1.24 bits per heavy atom. The highest BCUT2D eigenvalue weighted by molar-refractivity contribution is 7.89. The van der Waals surface area contributed by atoms with E-state index in [9.17, 15) is 13.2 Å². The predicted molar refractivity (Wildman–Crippen MR) is 100 cm³/mol. The van der Waals surface area contributed by atoms with Gasteiger partial charge in [-0.25, -0.2) is 8.42 Å². The van der Waals surface area contributed by atoms with Crippen LogP contribution in [0.4, 0.5) is 0 Å². The number of piperidine rings is 1. The van der Waals surface area contributed by atoms with E-state index in [2.05, 4.69) is 19.2 Å². The molecule has 1 aromatic carbocycles. The minimum Gasteiger partial charge on any atom is -0.356 e. The maximum Gasteiger partial charge on any atom is 0.246 e. The number of benzene rings is 1. The molecule has 0 saturated carbocycles. The number of amides is 1. The van der Waals surface area contributed by atoms with Crippen LogP contribution in [0.15, 0.2) is 23.1 Å². The third-order valence-corrected chi connectivity index (χ3v) is 7.22. The molecule has 1 aliphatic rings. The van der Waals surface area contributed by atoms with E-state index in [-0.39, 0.29) is 39.9 Å². The Morgan fingerprint density at radius 2 is 1.80 bits per heavy atom. The monoisotopic (exact) mass is 406 g/mol. The Bertz CT molecular complexity index is 694. The fourth-order valence-electron chi connectivity index (χ4n) is 2.84. The highest BCUT2D eigenvalue weighted by Gasteiger charge is 2.34. The van der Waals surface area contributed by atoms with E-state index in [1.165, 1.54) is 16.4 Å². The highest BCUT2D eigenvalue weighted by atomic mass is 35.5. The summed E-state index contributed by atoms with van der Waals surface area (Å²) >= 11 is 12.1. The van der Waals surface area contributed by atoms with Gasteiger partial charge in [-0.3, -0.25) is 4.79 Å². The van der Waals surface area contributed by atoms with E-state index in [4.69, 9.17) is 23.2 Å². The molecule has 0 aliphatic carbocycles. The zero-order chi connectivity index (χ0) is 18.6. The lowest BCUT2D eigenvalue weighted by Gasteiger charge is -2.31. The SMILES string of the molecule is CC(C)CCNC(=O)C1CCN(S(=O)(=O)c2c(Cl)cccc2Cl)CC1. The van der Waals surface area contributed by atoms with Gasteiger partial charge in [-0.05, 0) is 37.3 Å². The topological polar surface area (TPSA) is 66.5 Å². The largest absolute Gasteiger partial charge is 0.356 e. The van der Waals surface area contributed by atoms with Gasteiger partial charge >= 0.3 is 0 Å². The molecule has 1 aromatic rings. The van der Waals surface area contributed by atoms with Crippen molar-refractivity contribution in [2.75, 3.05) is 19.6 Å². The van der Waals surface area contributed by atoms with Gasteiger partial charge in [-0.15, -0.1) is 0 Å². The first kappa shape index (κ1) is 20.5. The molecule has 1 heterocycles. The molecule has 0 bridgehead atoms. The van der Waals surface area contributed by atoms with Crippen molar-refractivity contribution in [1.82, 2.24) is 9.62 Å². The molecule has 25 heavy (non-hydrogen) atoms. The lowest BCUT2D eigenvalue weighted by molar-refractivity contribution is -0.126. The Morgan fingerprint density at radius 3 is 2.32 bits per heavy atom. The summed E-state index contributed by atoms with van der Waals surface area (Å²) in [6.45, 7) is 5.44. The second kappa shape index (κ2) is 8.71. The molecule has 0 unspecified atom stereocenters. The number of nitrogens with one attached hydrogen (secondary N) is 1. The van der Waals surface area contributed by atoms with Crippen molar-refractivity contribution in [3.8, 4) is 0 Å². The van der Waals surface area contributed by atoms with Crippen LogP contribution in [0.3, 0.4) is 0 Å². The summed E-state index contributed by atoms with van der Waals surface area (Å²) in [5, 5.41) is 3.16. The van der Waals surface area contributed by atoms with Gasteiger partial charge in [0.2, 0.25) is 15.9 Å². The minimum atomic E-state index is -3.76. The van der Waals surface area contributed by atoms with Gasteiger partial charge in [-0.1, -0.05) is 43.1 Å². The Labute approximate surface area is 159 Å². The van der Waals surface area contributed by atoms with Gasteiger partial charge in [-0.2, -0.15) is 4.31 Å². The number of halogens is 2. The lowest BCUT2D eigenvalue weighted by atomic mass is 9.97. The molecular weight excluding hydrogens is 383 g/mol. The second-order valence-corrected chi connectivity index (χ2v) is 9.39. The number of rotatable bonds is 6. The van der Waals surface area contributed by atoms with Gasteiger partial charge in [0.05, 0.1) is 10.0 Å². The van der Waals surface area contributed by atoms with Crippen molar-refractivity contribution in [3.05, 3.63) is 28.2 Å². The summed E-state index contributed by atoms with van der Waals surface area (Å²) in [7, 11) is -3.76. The first-order chi connectivity index (χ1) is 11.7. The van der Waals surface area contributed by atoms with Gasteiger partial charge in [0.25, 0.3) is 0 Å². The van der Waals surface area contributed by atoms with E-state index in [0.29, 0.717) is 25.3 Å². The average molecular weight is 407 g/mol. The standard InChI is InChI=1S/C17H24Cl2N2O3S/c1-12(2)6-9-20-17(22)13-7-10-21(11-8-13)25(23,24)16-14(18)4-3-5-15(16)19/h3-5,12-13H,6-11H2,1-2H3,(H,20,22). The van der Waals surface area contributed by atoms with Gasteiger partial charge < -0.3 is 5.32 Å². The molecule has 0 aromatic heterocycles. The van der Waals surface area contributed by atoms with Crippen LogP contribution >= 0.6 is 23.2 Å². The third kappa shape index (κ3) is 5.09. The molecule has 8 heteroatoms. The van der Waals surface area contributed by atoms with Crippen LogP contribution in [0.2, 0.25) is 10.0 Å². The molecule has 0 radical (unpaired) electrons. The van der Waals surface area contributed by atoms with Crippen molar-refractivity contribution in [2.24, 2.45) is 11.8 Å². The summed E-state index contributed by atoms with van der Waals surface area (Å²) in [6, 6.07) is 4.63. The first-order valence-corrected chi connectivity index (χ1v) is 10.6. The molecule has 1 saturated heterocycles. The Hall–Kier alpha value is -0.820. The molecule has 1 N–H and O–H groups in total. The number of carbonyl (C=O) groups is 1. The fourth-order valence-corrected chi connectivity index (χ4v) is 5.41. The molecular formula is C17H24Cl2N2O3S. The number of carbonyl (C=O) groups excluding carboxylic acids is 1. The summed E-state index contributed by atoms with van der Waals surface area (Å²) in [5.41, 5.74) is 0. The van der Waals surface area contributed by atoms with Crippen LogP contribution in [0.1, 0.15) is 33.1 Å². The van der Waals surface area contributed by atoms with E-state index in [1.807, 2.05) is 0 Å². The summed E-state index contributed by atoms with van der Waals surface area (Å²) < 4.78 is 27.0. The van der Waals surface area contributed by atoms with Crippen molar-refractivity contribution in [3.63, 3.8) is 0 Å². The third-order valence-electron chi connectivity index (χ3n) is 4.36. The molecule has 1 aliphatic heterocycles. The van der Waals surface area contributed by atoms with Crippen molar-refractivity contribution in [2.45, 2.75) is 38.0 Å². The molecule has 2 rings (SSSR count). The minimum absolute atomic E-state index is 0.00785. The Balaban J connectivity index is 1.98. The lowest BCUT2D eigenvalue weighted by Crippen LogP contribution is -2.43. The summed E-state index contributed by atoms with van der Waals surface area (Å²) in [5.74, 6) is 0.390. The maximum atomic E-state index is 12.8. The van der Waals surface area contributed by atoms with Crippen molar-refractivity contribution >= 4 is 39.1 Å². The second-order valence-electron chi connectivity index (χ2n) is 6.70. The van der Waals surface area contributed by atoms with Crippen molar-refractivity contribution in [1.29, 1.82) is 0 Å². The van der Waals surface area contributed by atoms with Crippen LogP contribution < -0.4 is 5.32 Å². The fraction of sp³-hybridized carbons (Fsp3) is 0.588. The number of sulfonamides is 1. The van der Waals surface area contributed by atoms with Gasteiger partial charge in [0, 0.05) is 25.6 Å². The Kier molecular flexibility index (Phi) is 7.14. The predicted octanol–water partition coefficient (Wildman–Crippen LogP) is 3.56. The molecule has 1 fully saturated rings. The van der Waals surface area contributed by atoms with E-state index >= 15 is 0 Å². The normalized spacial score (nSPS) is 17.0. The quantitative estimate of drug-likeness (QED) is 0.784. The van der Waals surface area contributed by atoms with E-state index in [1.54, 1.807) is 6.07 Å². The molecule has 0 spiro atoms. The molecule has 5 nitrogen and oxygen atoms in total. The van der Waals surface area contributed by atoms with Crippen LogP contribution in [0.5, 0.6) is 0 Å². The van der Waals surface area contributed by atoms with Crippen molar-refractivity contribution < 1.29 is 13.2 Å². The maximum absolute atomic E-state index is 12.8. The smallest absolute Gasteiger partial charge is 0.246 e. The van der Waals surface area contributed by atoms with Crippen LogP contribution in [0.25, 0.3) is 0 Å². The van der Waals surface area contributed by atoms with E-state index in [0.717, 1.165) is 6.42 Å². The zero-order valence-corrected chi connectivity index (χ0v) is 16.8.